The van der Waals surface area contributed by atoms with E-state index in [0.717, 1.165) is 22.9 Å². The topological polar surface area (TPSA) is 29.5 Å². The van der Waals surface area contributed by atoms with E-state index >= 15 is 0 Å². The predicted molar refractivity (Wildman–Crippen MR) is 131 cm³/mol. The van der Waals surface area contributed by atoms with Crippen molar-refractivity contribution in [2.75, 3.05) is 0 Å². The number of hydrogen-bond acceptors (Lipinski definition) is 2. The monoisotopic (exact) mass is 487 g/mol. The van der Waals surface area contributed by atoms with Gasteiger partial charge in [-0.1, -0.05) is 73.8 Å². The van der Waals surface area contributed by atoms with Crippen molar-refractivity contribution in [1.82, 2.24) is 4.90 Å². The number of halogens is 1. The second-order valence-electron chi connectivity index (χ2n) is 10.5. The van der Waals surface area contributed by atoms with Crippen LogP contribution in [0.4, 0.5) is 0 Å². The van der Waals surface area contributed by atoms with Crippen LogP contribution in [0.3, 0.4) is 0 Å². The molecule has 1 aliphatic carbocycles. The Morgan fingerprint density at radius 1 is 1.10 bits per heavy atom. The van der Waals surface area contributed by atoms with Gasteiger partial charge < -0.3 is 9.33 Å². The Hall–Kier alpha value is -1.17. The Kier molecular flexibility index (Phi) is 5.69. The van der Waals surface area contributed by atoms with Gasteiger partial charge in [-0.3, -0.25) is 4.79 Å². The number of benzene rings is 2. The molecule has 1 saturated carbocycles. The predicted octanol–water partition coefficient (Wildman–Crippen LogP) is 7.45. The van der Waals surface area contributed by atoms with Gasteiger partial charge in [-0.25, -0.2) is 0 Å². The normalized spacial score (nSPS) is 25.1. The SMILES string of the molecule is C[C@@H]1c2c(cc(Br)c3ccccc23)C(=O)N1[C@H]1CCCC[C@@H]1O[Si](C)(C)C(C)(C)C. The van der Waals surface area contributed by atoms with Gasteiger partial charge in [0.15, 0.2) is 8.32 Å². The van der Waals surface area contributed by atoms with E-state index in [0.29, 0.717) is 0 Å². The minimum absolute atomic E-state index is 0.0686. The molecule has 0 radical (unpaired) electrons. The molecule has 0 unspecified atom stereocenters. The molecule has 162 valence electrons. The number of carbonyl (C=O) groups is 1. The number of amides is 1. The maximum Gasteiger partial charge on any atom is 0.255 e. The summed E-state index contributed by atoms with van der Waals surface area (Å²) >= 11 is 3.70. The third-order valence-corrected chi connectivity index (χ3v) is 12.8. The van der Waals surface area contributed by atoms with Crippen molar-refractivity contribution in [2.45, 2.75) is 89.7 Å². The van der Waals surface area contributed by atoms with Crippen molar-refractivity contribution < 1.29 is 9.22 Å². The number of hydrogen-bond donors (Lipinski definition) is 0. The smallest absolute Gasteiger partial charge is 0.255 e. The summed E-state index contributed by atoms with van der Waals surface area (Å²) in [6.07, 6.45) is 4.57. The van der Waals surface area contributed by atoms with Gasteiger partial charge in [-0.15, -0.1) is 0 Å². The summed E-state index contributed by atoms with van der Waals surface area (Å²) in [6, 6.07) is 10.7. The molecule has 2 aromatic rings. The Balaban J connectivity index is 1.72. The van der Waals surface area contributed by atoms with Gasteiger partial charge in [-0.05, 0) is 60.3 Å². The molecule has 5 heteroatoms. The molecule has 0 saturated heterocycles. The van der Waals surface area contributed by atoms with E-state index < -0.39 is 8.32 Å². The van der Waals surface area contributed by atoms with E-state index in [1.54, 1.807) is 0 Å². The third-order valence-electron chi connectivity index (χ3n) is 7.61. The van der Waals surface area contributed by atoms with E-state index in [9.17, 15) is 4.79 Å². The van der Waals surface area contributed by atoms with E-state index in [1.807, 2.05) is 6.07 Å². The van der Waals surface area contributed by atoms with Crippen LogP contribution in [-0.2, 0) is 4.43 Å². The molecule has 4 rings (SSSR count). The number of rotatable bonds is 3. The van der Waals surface area contributed by atoms with Crippen LogP contribution in [-0.4, -0.2) is 31.3 Å². The highest BCUT2D eigenvalue weighted by Crippen LogP contribution is 2.46. The summed E-state index contributed by atoms with van der Waals surface area (Å²) in [5, 5.41) is 2.53. The van der Waals surface area contributed by atoms with Gasteiger partial charge in [0.05, 0.1) is 18.2 Å². The van der Waals surface area contributed by atoms with E-state index in [-0.39, 0.29) is 29.1 Å². The Bertz CT molecular complexity index is 981. The summed E-state index contributed by atoms with van der Waals surface area (Å²) in [7, 11) is -1.91. The highest BCUT2D eigenvalue weighted by Gasteiger charge is 2.46. The molecule has 1 aliphatic heterocycles. The van der Waals surface area contributed by atoms with Crippen LogP contribution < -0.4 is 0 Å². The van der Waals surface area contributed by atoms with Crippen LogP contribution in [0.1, 0.15) is 75.3 Å². The van der Waals surface area contributed by atoms with Gasteiger partial charge in [0, 0.05) is 10.0 Å². The molecule has 0 aromatic heterocycles. The highest BCUT2D eigenvalue weighted by atomic mass is 79.9. The fraction of sp³-hybridized carbons (Fsp3) is 0.560. The van der Waals surface area contributed by atoms with Crippen molar-refractivity contribution in [1.29, 1.82) is 0 Å². The zero-order valence-corrected chi connectivity index (χ0v) is 21.7. The Morgan fingerprint density at radius 2 is 1.73 bits per heavy atom. The minimum atomic E-state index is -1.91. The van der Waals surface area contributed by atoms with Gasteiger partial charge in [0.1, 0.15) is 0 Å². The summed E-state index contributed by atoms with van der Waals surface area (Å²) in [6.45, 7) is 13.7. The summed E-state index contributed by atoms with van der Waals surface area (Å²) in [4.78, 5) is 15.8. The van der Waals surface area contributed by atoms with Crippen LogP contribution in [0.2, 0.25) is 18.1 Å². The van der Waals surface area contributed by atoms with E-state index in [4.69, 9.17) is 4.43 Å². The number of fused-ring (bicyclic) bond motifs is 3. The fourth-order valence-electron chi connectivity index (χ4n) is 4.96. The zero-order valence-electron chi connectivity index (χ0n) is 19.1. The van der Waals surface area contributed by atoms with Crippen molar-refractivity contribution in [2.24, 2.45) is 0 Å². The van der Waals surface area contributed by atoms with Crippen LogP contribution in [0.5, 0.6) is 0 Å². The molecule has 2 aliphatic rings. The van der Waals surface area contributed by atoms with Crippen LogP contribution in [0.25, 0.3) is 10.8 Å². The number of carbonyl (C=O) groups excluding carboxylic acids is 1. The molecule has 1 amide bonds. The van der Waals surface area contributed by atoms with Gasteiger partial charge in [0.25, 0.3) is 5.91 Å². The first-order valence-electron chi connectivity index (χ1n) is 11.2. The van der Waals surface area contributed by atoms with Crippen LogP contribution >= 0.6 is 15.9 Å². The molecule has 0 bridgehead atoms. The lowest BCUT2D eigenvalue weighted by atomic mass is 9.90. The molecule has 0 N–H and O–H groups in total. The molecule has 1 fully saturated rings. The Morgan fingerprint density at radius 3 is 2.40 bits per heavy atom. The molecular formula is C25H34BrNO2Si. The Labute approximate surface area is 190 Å². The first kappa shape index (κ1) is 22.0. The summed E-state index contributed by atoms with van der Waals surface area (Å²) in [5.74, 6) is 0.166. The molecule has 3 atom stereocenters. The molecule has 2 aromatic carbocycles. The highest BCUT2D eigenvalue weighted by molar-refractivity contribution is 9.10. The maximum absolute atomic E-state index is 13.7. The summed E-state index contributed by atoms with van der Waals surface area (Å²) < 4.78 is 7.91. The molecule has 1 heterocycles. The summed E-state index contributed by atoms with van der Waals surface area (Å²) in [5.41, 5.74) is 2.03. The van der Waals surface area contributed by atoms with Gasteiger partial charge >= 0.3 is 0 Å². The van der Waals surface area contributed by atoms with Crippen molar-refractivity contribution in [3.05, 3.63) is 45.9 Å². The average molecular weight is 489 g/mol. The average Bonchev–Trinajstić information content (AvgIpc) is 2.92. The molecule has 0 spiro atoms. The fourth-order valence-corrected chi connectivity index (χ4v) is 6.92. The van der Waals surface area contributed by atoms with Crippen molar-refractivity contribution in [3.63, 3.8) is 0 Å². The van der Waals surface area contributed by atoms with Crippen LogP contribution in [0, 0.1) is 0 Å². The lowest BCUT2D eigenvalue weighted by Crippen LogP contribution is -2.53. The second kappa shape index (κ2) is 7.75. The minimum Gasteiger partial charge on any atom is -0.412 e. The lowest BCUT2D eigenvalue weighted by Gasteiger charge is -2.46. The van der Waals surface area contributed by atoms with E-state index in [1.165, 1.54) is 29.2 Å². The van der Waals surface area contributed by atoms with Crippen LogP contribution in [0.15, 0.2) is 34.8 Å². The molecular weight excluding hydrogens is 454 g/mol. The first-order valence-corrected chi connectivity index (χ1v) is 14.9. The standard InChI is InChI=1S/C25H34BrNO2Si/c1-16-23-18-12-8-7-11-17(18)20(26)15-19(23)24(28)27(16)21-13-9-10-14-22(21)29-30(5,6)25(2,3)4/h7-8,11-12,15-16,21-22H,9-10,13-14H2,1-6H3/t16-,21+,22+/m1/s1. The molecule has 3 nitrogen and oxygen atoms in total. The quantitative estimate of drug-likeness (QED) is 0.420. The maximum atomic E-state index is 13.7. The second-order valence-corrected chi connectivity index (χ2v) is 16.1. The first-order chi connectivity index (χ1) is 14.0. The van der Waals surface area contributed by atoms with Gasteiger partial charge in [-0.2, -0.15) is 0 Å². The third kappa shape index (κ3) is 3.57. The molecule has 30 heavy (non-hydrogen) atoms. The lowest BCUT2D eigenvalue weighted by molar-refractivity contribution is 0.0150. The van der Waals surface area contributed by atoms with Crippen molar-refractivity contribution in [3.8, 4) is 0 Å². The zero-order chi connectivity index (χ0) is 21.8. The van der Waals surface area contributed by atoms with E-state index in [2.05, 4.69) is 85.9 Å². The van der Waals surface area contributed by atoms with Crippen molar-refractivity contribution >= 4 is 40.9 Å². The van der Waals surface area contributed by atoms with Gasteiger partial charge in [0.2, 0.25) is 0 Å². The largest absolute Gasteiger partial charge is 0.412 e. The number of nitrogens with zero attached hydrogens (tertiary/aromatic N) is 1.